The van der Waals surface area contributed by atoms with Crippen LogP contribution < -0.4 is 15.7 Å². The molecule has 1 aliphatic heterocycles. The number of carbonyl (C=O) groups is 1. The van der Waals surface area contributed by atoms with Crippen LogP contribution in [0.15, 0.2) is 126 Å². The predicted octanol–water partition coefficient (Wildman–Crippen LogP) is 9.16. The molecule has 0 spiro atoms. The molecule has 1 unspecified atom stereocenters. The molecule has 6 rings (SSSR count). The van der Waals surface area contributed by atoms with Gasteiger partial charge >= 0.3 is 5.69 Å². The third-order valence-corrected chi connectivity index (χ3v) is 12.5. The van der Waals surface area contributed by atoms with Gasteiger partial charge in [0.1, 0.15) is 29.5 Å². The van der Waals surface area contributed by atoms with Crippen molar-refractivity contribution < 1.29 is 28.1 Å². The smallest absolute Gasteiger partial charge is 0.351 e. The summed E-state index contributed by atoms with van der Waals surface area (Å²) >= 11 is 0. The maximum absolute atomic E-state index is 13.8. The second kappa shape index (κ2) is 20.8. The maximum atomic E-state index is 13.8. The molecule has 314 valence electrons. The largest absolute Gasteiger partial charge is 0.497 e. The summed E-state index contributed by atoms with van der Waals surface area (Å²) < 4.78 is 36.8. The number of carbonyl (C=O) groups excluding carboxylic acids is 1. The van der Waals surface area contributed by atoms with Crippen molar-refractivity contribution >= 4 is 20.3 Å². The van der Waals surface area contributed by atoms with Gasteiger partial charge in [-0.3, -0.25) is 9.36 Å². The summed E-state index contributed by atoms with van der Waals surface area (Å²) in [4.78, 5) is 31.1. The molecule has 4 aromatic carbocycles. The lowest BCUT2D eigenvalue weighted by Crippen LogP contribution is -2.46. The van der Waals surface area contributed by atoms with Crippen molar-refractivity contribution in [3.8, 4) is 11.8 Å². The lowest BCUT2D eigenvalue weighted by molar-refractivity contribution is -0.175. The molecule has 5 aromatic rings. The molecule has 0 radical (unpaired) electrons. The summed E-state index contributed by atoms with van der Waals surface area (Å²) in [5, 5.41) is 12.2. The quantitative estimate of drug-likeness (QED) is 0.0517. The van der Waals surface area contributed by atoms with Crippen LogP contribution in [0, 0.1) is 18.3 Å². The standard InChI is InChI=1S/C47H54N5O7P/c1-33(2)52(34(3)4)60(57-30-16-29-48)59-41-27-28-43(51-31-35(5)44(50-46(51)54)49-45(53)36-17-10-7-11-18-36)58-42(41)32-56-47(37-19-12-8-13-20-37,38-21-14-9-15-22-38)39-23-25-40(55-6)26-24-39/h7-15,17-26,31,33-34,41-43H,16,27-28,30,32H2,1-6H3,(H,49,50,53,54)/t41-,42+,43-,60?/m0/s1. The molecule has 13 heteroatoms. The Morgan fingerprint density at radius 3 is 2.07 bits per heavy atom. The highest BCUT2D eigenvalue weighted by Crippen LogP contribution is 2.50. The number of amides is 1. The first-order valence-corrected chi connectivity index (χ1v) is 21.4. The van der Waals surface area contributed by atoms with Crippen LogP contribution in [0.25, 0.3) is 0 Å². The van der Waals surface area contributed by atoms with E-state index in [-0.39, 0.29) is 43.4 Å². The van der Waals surface area contributed by atoms with Gasteiger partial charge in [-0.15, -0.1) is 0 Å². The van der Waals surface area contributed by atoms with E-state index in [0.29, 0.717) is 29.7 Å². The Labute approximate surface area is 354 Å². The van der Waals surface area contributed by atoms with Gasteiger partial charge in [0.25, 0.3) is 14.4 Å². The van der Waals surface area contributed by atoms with Crippen LogP contribution in [0.5, 0.6) is 5.75 Å². The number of methoxy groups -OCH3 is 1. The van der Waals surface area contributed by atoms with E-state index in [9.17, 15) is 14.9 Å². The highest BCUT2D eigenvalue weighted by molar-refractivity contribution is 7.44. The SMILES string of the molecule is COc1ccc(C(OC[C@H]2O[C@H](n3cc(C)c(NC(=O)c4ccccc4)nc3=O)CC[C@@H]2OP(OCCC#N)N(C(C)C)C(C)C)(c2ccccc2)c2ccccc2)cc1. The second-order valence-electron chi connectivity index (χ2n) is 15.1. The third-order valence-electron chi connectivity index (χ3n) is 10.4. The molecule has 1 amide bonds. The van der Waals surface area contributed by atoms with Gasteiger partial charge < -0.3 is 28.6 Å². The Morgan fingerprint density at radius 2 is 1.50 bits per heavy atom. The molecule has 1 aliphatic rings. The number of benzene rings is 4. The highest BCUT2D eigenvalue weighted by Gasteiger charge is 2.43. The summed E-state index contributed by atoms with van der Waals surface area (Å²) in [6.45, 7) is 10.4. The molecule has 0 aliphatic carbocycles. The number of aryl methyl sites for hydroxylation is 1. The molecule has 12 nitrogen and oxygen atoms in total. The van der Waals surface area contributed by atoms with Crippen LogP contribution >= 0.6 is 8.53 Å². The van der Waals surface area contributed by atoms with Crippen molar-refractivity contribution in [2.24, 2.45) is 0 Å². The van der Waals surface area contributed by atoms with Gasteiger partial charge in [-0.2, -0.15) is 10.2 Å². The summed E-state index contributed by atoms with van der Waals surface area (Å²) in [5.41, 5.74) is 2.07. The van der Waals surface area contributed by atoms with E-state index in [1.54, 1.807) is 44.5 Å². The van der Waals surface area contributed by atoms with Crippen molar-refractivity contribution in [2.75, 3.05) is 25.6 Å². The summed E-state index contributed by atoms with van der Waals surface area (Å²) in [6.07, 6.45) is 0.853. The number of nitrogens with zero attached hydrogens (tertiary/aromatic N) is 4. The fourth-order valence-corrected chi connectivity index (χ4v) is 9.31. The monoisotopic (exact) mass is 831 g/mol. The van der Waals surface area contributed by atoms with Gasteiger partial charge in [0.15, 0.2) is 0 Å². The first-order chi connectivity index (χ1) is 29.0. The Hall–Kier alpha value is -5.25. The normalized spacial score (nSPS) is 17.4. The van der Waals surface area contributed by atoms with Gasteiger partial charge in [-0.1, -0.05) is 91.0 Å². The molecule has 1 fully saturated rings. The summed E-state index contributed by atoms with van der Waals surface area (Å²) in [5.74, 6) is 0.530. The Kier molecular flexibility index (Phi) is 15.4. The second-order valence-corrected chi connectivity index (χ2v) is 16.5. The summed E-state index contributed by atoms with van der Waals surface area (Å²) in [7, 11) is -0.00226. The molecule has 60 heavy (non-hydrogen) atoms. The van der Waals surface area contributed by atoms with E-state index in [1.165, 1.54) is 4.57 Å². The van der Waals surface area contributed by atoms with E-state index in [2.05, 4.69) is 48.7 Å². The molecular weight excluding hydrogens is 778 g/mol. The molecule has 4 atom stereocenters. The van der Waals surface area contributed by atoms with E-state index < -0.39 is 38.3 Å². The number of nitriles is 1. The molecular formula is C47H54N5O7P. The predicted molar refractivity (Wildman–Crippen MR) is 233 cm³/mol. The van der Waals surface area contributed by atoms with E-state index >= 15 is 0 Å². The first kappa shape index (κ1) is 44.3. The van der Waals surface area contributed by atoms with Crippen LogP contribution in [0.1, 0.15) is 85.8 Å². The number of hydrogen-bond donors (Lipinski definition) is 1. The Balaban J connectivity index is 1.39. The van der Waals surface area contributed by atoms with Gasteiger partial charge in [0, 0.05) is 29.4 Å². The molecule has 0 bridgehead atoms. The van der Waals surface area contributed by atoms with Crippen LogP contribution in [0.2, 0.25) is 0 Å². The summed E-state index contributed by atoms with van der Waals surface area (Å²) in [6, 6.07) is 39.1. The zero-order valence-corrected chi connectivity index (χ0v) is 36.0. The maximum Gasteiger partial charge on any atom is 0.351 e. The van der Waals surface area contributed by atoms with Crippen LogP contribution in [-0.2, 0) is 24.1 Å². The van der Waals surface area contributed by atoms with Crippen LogP contribution in [-0.4, -0.2) is 64.7 Å². The van der Waals surface area contributed by atoms with Crippen molar-refractivity contribution in [2.45, 2.75) is 90.0 Å². The minimum Gasteiger partial charge on any atom is -0.497 e. The fourth-order valence-electron chi connectivity index (χ4n) is 7.53. The Bertz CT molecular complexity index is 2190. The first-order valence-electron chi connectivity index (χ1n) is 20.3. The molecule has 0 saturated carbocycles. The van der Waals surface area contributed by atoms with E-state index in [0.717, 1.165) is 16.7 Å². The number of anilines is 1. The van der Waals surface area contributed by atoms with Gasteiger partial charge in [0.2, 0.25) is 0 Å². The van der Waals surface area contributed by atoms with Gasteiger partial charge in [-0.05, 0) is 88.4 Å². The van der Waals surface area contributed by atoms with Crippen molar-refractivity contribution in [1.82, 2.24) is 14.2 Å². The Morgan fingerprint density at radius 1 is 0.917 bits per heavy atom. The van der Waals surface area contributed by atoms with E-state index in [4.69, 9.17) is 23.3 Å². The van der Waals surface area contributed by atoms with Crippen molar-refractivity contribution in [3.05, 3.63) is 160 Å². The van der Waals surface area contributed by atoms with Crippen LogP contribution in [0.3, 0.4) is 0 Å². The molecule has 2 heterocycles. The average Bonchev–Trinajstić information content (AvgIpc) is 3.26. The number of ether oxygens (including phenoxy) is 3. The third kappa shape index (κ3) is 10.4. The minimum absolute atomic E-state index is 0.0497. The molecule has 1 saturated heterocycles. The number of hydrogen-bond acceptors (Lipinski definition) is 10. The zero-order valence-electron chi connectivity index (χ0n) is 35.1. The number of rotatable bonds is 18. The number of nitrogens with one attached hydrogen (secondary N) is 1. The van der Waals surface area contributed by atoms with Crippen LogP contribution in [0.4, 0.5) is 5.82 Å². The van der Waals surface area contributed by atoms with Crippen molar-refractivity contribution in [3.63, 3.8) is 0 Å². The molecule has 1 N–H and O–H groups in total. The minimum atomic E-state index is -1.64. The fraction of sp³-hybridized carbons (Fsp3) is 0.362. The topological polar surface area (TPSA) is 137 Å². The molecule has 1 aromatic heterocycles. The van der Waals surface area contributed by atoms with Crippen molar-refractivity contribution in [1.29, 1.82) is 5.26 Å². The zero-order chi connectivity index (χ0) is 42.6. The van der Waals surface area contributed by atoms with Gasteiger partial charge in [-0.25, -0.2) is 9.46 Å². The van der Waals surface area contributed by atoms with E-state index in [1.807, 2.05) is 91.0 Å². The lowest BCUT2D eigenvalue weighted by atomic mass is 9.80. The van der Waals surface area contributed by atoms with Gasteiger partial charge in [0.05, 0.1) is 38.9 Å². The number of aromatic nitrogens is 2. The lowest BCUT2D eigenvalue weighted by Gasteiger charge is -2.43. The highest BCUT2D eigenvalue weighted by atomic mass is 31.2. The average molecular weight is 832 g/mol.